The van der Waals surface area contributed by atoms with Crippen molar-refractivity contribution < 1.29 is 17.7 Å². The maximum absolute atomic E-state index is 12.7. The Kier molecular flexibility index (Phi) is 5.22. The highest BCUT2D eigenvalue weighted by atomic mass is 19.4. The number of likely N-dealkylation sites (tertiary alicyclic amines) is 1. The van der Waals surface area contributed by atoms with Gasteiger partial charge in [0.2, 0.25) is 0 Å². The van der Waals surface area contributed by atoms with Crippen LogP contribution in [-0.2, 0) is 6.18 Å². The monoisotopic (exact) mass is 436 g/mol. The average molecular weight is 436 g/mol. The van der Waals surface area contributed by atoms with Gasteiger partial charge in [0.1, 0.15) is 5.69 Å². The van der Waals surface area contributed by atoms with E-state index in [-0.39, 0.29) is 17.9 Å². The van der Waals surface area contributed by atoms with Gasteiger partial charge in [-0.25, -0.2) is 0 Å². The second-order valence-corrected chi connectivity index (χ2v) is 7.76. The molecule has 1 aliphatic rings. The van der Waals surface area contributed by atoms with Gasteiger partial charge in [-0.3, -0.25) is 9.88 Å². The third-order valence-electron chi connectivity index (χ3n) is 5.61. The molecule has 2 aromatic carbocycles. The van der Waals surface area contributed by atoms with Gasteiger partial charge in [-0.15, -0.1) is 0 Å². The number of hydrogen-bond donors (Lipinski definition) is 0. The van der Waals surface area contributed by atoms with Crippen molar-refractivity contribution in [2.24, 2.45) is 0 Å². The van der Waals surface area contributed by atoms with Crippen LogP contribution in [-0.4, -0.2) is 33.1 Å². The quantitative estimate of drug-likeness (QED) is 0.423. The lowest BCUT2D eigenvalue weighted by Gasteiger charge is -2.43. The molecule has 0 unspecified atom stereocenters. The standard InChI is InChI=1S/C24H19F3N4O/c25-24(26,27)20-12-11-18(13-28-20)23-29-22(30-32-23)19-14-31(15-19)21(16-7-3-1-4-8-16)17-9-5-2-6-10-17/h1-13,19,21H,14-15H2. The maximum Gasteiger partial charge on any atom is 0.433 e. The Labute approximate surface area is 182 Å². The fourth-order valence-corrected chi connectivity index (χ4v) is 3.98. The van der Waals surface area contributed by atoms with Crippen LogP contribution in [0.5, 0.6) is 0 Å². The maximum atomic E-state index is 12.7. The second kappa shape index (κ2) is 8.20. The summed E-state index contributed by atoms with van der Waals surface area (Å²) in [5, 5.41) is 4.06. The molecule has 0 atom stereocenters. The summed E-state index contributed by atoms with van der Waals surface area (Å²) in [4.78, 5) is 10.2. The second-order valence-electron chi connectivity index (χ2n) is 7.76. The molecular weight excluding hydrogens is 417 g/mol. The first kappa shape index (κ1) is 20.4. The third-order valence-corrected chi connectivity index (χ3v) is 5.61. The molecule has 162 valence electrons. The van der Waals surface area contributed by atoms with Crippen molar-refractivity contribution in [2.75, 3.05) is 13.1 Å². The highest BCUT2D eigenvalue weighted by Gasteiger charge is 2.37. The molecule has 0 radical (unpaired) electrons. The SMILES string of the molecule is FC(F)(F)c1ccc(-c2nc(C3CN(C(c4ccccc4)c4ccccc4)C3)no2)cn1. The van der Waals surface area contributed by atoms with Crippen LogP contribution < -0.4 is 0 Å². The summed E-state index contributed by atoms with van der Waals surface area (Å²) < 4.78 is 43.4. The molecule has 1 saturated heterocycles. The fourth-order valence-electron chi connectivity index (χ4n) is 3.98. The molecule has 1 fully saturated rings. The zero-order chi connectivity index (χ0) is 22.1. The Morgan fingerprint density at radius 1 is 0.875 bits per heavy atom. The molecule has 5 rings (SSSR count). The first-order valence-electron chi connectivity index (χ1n) is 10.2. The molecule has 4 aromatic rings. The van der Waals surface area contributed by atoms with E-state index in [1.807, 2.05) is 36.4 Å². The summed E-state index contributed by atoms with van der Waals surface area (Å²) in [7, 11) is 0. The highest BCUT2D eigenvalue weighted by Crippen LogP contribution is 2.37. The van der Waals surface area contributed by atoms with Gasteiger partial charge in [0.25, 0.3) is 5.89 Å². The highest BCUT2D eigenvalue weighted by molar-refractivity contribution is 5.51. The number of rotatable bonds is 5. The lowest BCUT2D eigenvalue weighted by atomic mass is 9.90. The van der Waals surface area contributed by atoms with E-state index in [2.05, 4.69) is 44.3 Å². The van der Waals surface area contributed by atoms with Crippen LogP contribution in [0.3, 0.4) is 0 Å². The topological polar surface area (TPSA) is 55.1 Å². The molecule has 0 bridgehead atoms. The van der Waals surface area contributed by atoms with Gasteiger partial charge in [0.05, 0.1) is 11.6 Å². The van der Waals surface area contributed by atoms with Crippen molar-refractivity contribution in [3.63, 3.8) is 0 Å². The van der Waals surface area contributed by atoms with Crippen LogP contribution in [0.1, 0.15) is 34.6 Å². The van der Waals surface area contributed by atoms with Crippen LogP contribution in [0.25, 0.3) is 11.5 Å². The number of aromatic nitrogens is 3. The summed E-state index contributed by atoms with van der Waals surface area (Å²) in [5.74, 6) is 0.809. The molecule has 0 amide bonds. The Morgan fingerprint density at radius 2 is 1.50 bits per heavy atom. The van der Waals surface area contributed by atoms with Gasteiger partial charge in [-0.05, 0) is 23.3 Å². The van der Waals surface area contributed by atoms with Crippen LogP contribution in [0.4, 0.5) is 13.2 Å². The number of nitrogens with zero attached hydrogens (tertiary/aromatic N) is 4. The minimum Gasteiger partial charge on any atom is -0.334 e. The van der Waals surface area contributed by atoms with E-state index in [9.17, 15) is 13.2 Å². The van der Waals surface area contributed by atoms with E-state index in [4.69, 9.17) is 4.52 Å². The first-order chi connectivity index (χ1) is 15.5. The van der Waals surface area contributed by atoms with E-state index in [0.29, 0.717) is 11.4 Å². The Balaban J connectivity index is 1.31. The van der Waals surface area contributed by atoms with Gasteiger partial charge in [0.15, 0.2) is 5.82 Å². The van der Waals surface area contributed by atoms with Gasteiger partial charge in [-0.2, -0.15) is 18.2 Å². The summed E-state index contributed by atoms with van der Waals surface area (Å²) >= 11 is 0. The van der Waals surface area contributed by atoms with E-state index in [1.54, 1.807) is 0 Å². The third kappa shape index (κ3) is 4.01. The number of halogens is 3. The summed E-state index contributed by atoms with van der Waals surface area (Å²) in [6.07, 6.45) is -3.38. The molecule has 0 aliphatic carbocycles. The van der Waals surface area contributed by atoms with Crippen molar-refractivity contribution >= 4 is 0 Å². The minimum atomic E-state index is -4.48. The zero-order valence-electron chi connectivity index (χ0n) is 16.9. The van der Waals surface area contributed by atoms with Gasteiger partial charge < -0.3 is 4.52 Å². The number of alkyl halides is 3. The zero-order valence-corrected chi connectivity index (χ0v) is 16.9. The molecule has 32 heavy (non-hydrogen) atoms. The minimum absolute atomic E-state index is 0.0878. The smallest absolute Gasteiger partial charge is 0.334 e. The number of benzene rings is 2. The van der Waals surface area contributed by atoms with Gasteiger partial charge in [0, 0.05) is 25.2 Å². The van der Waals surface area contributed by atoms with Gasteiger partial charge >= 0.3 is 6.18 Å². The molecule has 8 heteroatoms. The molecule has 3 heterocycles. The molecule has 0 N–H and O–H groups in total. The summed E-state index contributed by atoms with van der Waals surface area (Å²) in [5.41, 5.74) is 1.83. The van der Waals surface area contributed by atoms with Crippen LogP contribution >= 0.6 is 0 Å². The van der Waals surface area contributed by atoms with E-state index in [1.165, 1.54) is 17.2 Å². The predicted molar refractivity (Wildman–Crippen MR) is 112 cm³/mol. The normalized spacial score (nSPS) is 15.1. The summed E-state index contributed by atoms with van der Waals surface area (Å²) in [6, 6.07) is 22.9. The van der Waals surface area contributed by atoms with Crippen LogP contribution in [0.15, 0.2) is 83.5 Å². The van der Waals surface area contributed by atoms with Crippen LogP contribution in [0, 0.1) is 0 Å². The Morgan fingerprint density at radius 3 is 2.03 bits per heavy atom. The fraction of sp³-hybridized carbons (Fsp3) is 0.208. The predicted octanol–water partition coefficient (Wildman–Crippen LogP) is 5.34. The first-order valence-corrected chi connectivity index (χ1v) is 10.2. The van der Waals surface area contributed by atoms with Crippen molar-refractivity contribution in [1.82, 2.24) is 20.0 Å². The molecule has 0 saturated carbocycles. The van der Waals surface area contributed by atoms with E-state index >= 15 is 0 Å². The summed E-state index contributed by atoms with van der Waals surface area (Å²) in [6.45, 7) is 1.50. The molecule has 2 aromatic heterocycles. The molecule has 0 spiro atoms. The lowest BCUT2D eigenvalue weighted by molar-refractivity contribution is -0.141. The Bertz CT molecular complexity index is 1130. The number of hydrogen-bond acceptors (Lipinski definition) is 5. The van der Waals surface area contributed by atoms with Crippen molar-refractivity contribution in [2.45, 2.75) is 18.1 Å². The lowest BCUT2D eigenvalue weighted by Crippen LogP contribution is -2.47. The number of pyridine rings is 1. The molecular formula is C24H19F3N4O. The Hall–Kier alpha value is -3.52. The van der Waals surface area contributed by atoms with Crippen molar-refractivity contribution in [3.8, 4) is 11.5 Å². The van der Waals surface area contributed by atoms with E-state index < -0.39 is 11.9 Å². The largest absolute Gasteiger partial charge is 0.433 e. The van der Waals surface area contributed by atoms with Crippen molar-refractivity contribution in [1.29, 1.82) is 0 Å². The van der Waals surface area contributed by atoms with Gasteiger partial charge in [-0.1, -0.05) is 65.8 Å². The van der Waals surface area contributed by atoms with E-state index in [0.717, 1.165) is 25.4 Å². The molecule has 1 aliphatic heterocycles. The van der Waals surface area contributed by atoms with Crippen molar-refractivity contribution in [3.05, 3.63) is 102 Å². The average Bonchev–Trinajstić information content (AvgIpc) is 3.26. The van der Waals surface area contributed by atoms with Crippen LogP contribution in [0.2, 0.25) is 0 Å². The molecule has 5 nitrogen and oxygen atoms in total.